The molecule has 0 saturated carbocycles. The lowest BCUT2D eigenvalue weighted by Crippen LogP contribution is -2.42. The van der Waals surface area contributed by atoms with Crippen LogP contribution in [-0.4, -0.2) is 40.0 Å². The SMILES string of the molecule is C[C@@H](NC(=O)CCC(=O)N[C@@H](Cc1ccc(C(=O)O)cc1)C(=O)O)c1ccccc1. The van der Waals surface area contributed by atoms with Crippen LogP contribution in [0.25, 0.3) is 0 Å². The minimum atomic E-state index is -1.21. The normalized spacial score (nSPS) is 12.4. The summed E-state index contributed by atoms with van der Waals surface area (Å²) in [6.45, 7) is 1.84. The summed E-state index contributed by atoms with van der Waals surface area (Å²) < 4.78 is 0. The maximum atomic E-state index is 12.1. The molecule has 0 saturated heterocycles. The van der Waals surface area contributed by atoms with Crippen LogP contribution in [-0.2, 0) is 20.8 Å². The number of benzene rings is 2. The van der Waals surface area contributed by atoms with Crippen molar-refractivity contribution in [3.63, 3.8) is 0 Å². The second-order valence-electron chi connectivity index (χ2n) is 6.86. The molecular formula is C22H24N2O6. The minimum Gasteiger partial charge on any atom is -0.480 e. The molecule has 30 heavy (non-hydrogen) atoms. The number of carbonyl (C=O) groups excluding carboxylic acids is 2. The molecule has 2 aromatic carbocycles. The lowest BCUT2D eigenvalue weighted by atomic mass is 10.0. The van der Waals surface area contributed by atoms with E-state index in [1.54, 1.807) is 0 Å². The van der Waals surface area contributed by atoms with Gasteiger partial charge < -0.3 is 20.8 Å². The molecule has 0 aliphatic rings. The van der Waals surface area contributed by atoms with Crippen molar-refractivity contribution in [1.29, 1.82) is 0 Å². The lowest BCUT2D eigenvalue weighted by molar-refractivity contribution is -0.141. The Bertz CT molecular complexity index is 896. The zero-order valence-corrected chi connectivity index (χ0v) is 16.5. The summed E-state index contributed by atoms with van der Waals surface area (Å²) >= 11 is 0. The van der Waals surface area contributed by atoms with Crippen LogP contribution >= 0.6 is 0 Å². The van der Waals surface area contributed by atoms with Gasteiger partial charge in [-0.2, -0.15) is 0 Å². The number of rotatable bonds is 10. The first-order valence-corrected chi connectivity index (χ1v) is 9.45. The Morgan fingerprint density at radius 3 is 1.93 bits per heavy atom. The smallest absolute Gasteiger partial charge is 0.335 e. The summed E-state index contributed by atoms with van der Waals surface area (Å²) in [6, 6.07) is 13.8. The third-order valence-corrected chi connectivity index (χ3v) is 4.53. The van der Waals surface area contributed by atoms with Gasteiger partial charge in [-0.1, -0.05) is 42.5 Å². The van der Waals surface area contributed by atoms with Gasteiger partial charge >= 0.3 is 11.9 Å². The number of aromatic carboxylic acids is 1. The van der Waals surface area contributed by atoms with E-state index in [1.807, 2.05) is 37.3 Å². The third kappa shape index (κ3) is 7.05. The van der Waals surface area contributed by atoms with Gasteiger partial charge in [-0.3, -0.25) is 9.59 Å². The van der Waals surface area contributed by atoms with Crippen molar-refractivity contribution in [2.24, 2.45) is 0 Å². The van der Waals surface area contributed by atoms with Gasteiger partial charge in [0.1, 0.15) is 6.04 Å². The molecule has 2 amide bonds. The van der Waals surface area contributed by atoms with Gasteiger partial charge in [0.25, 0.3) is 0 Å². The van der Waals surface area contributed by atoms with E-state index in [9.17, 15) is 24.3 Å². The fraction of sp³-hybridized carbons (Fsp3) is 0.273. The van der Waals surface area contributed by atoms with Gasteiger partial charge in [-0.05, 0) is 30.2 Å². The van der Waals surface area contributed by atoms with E-state index in [4.69, 9.17) is 5.11 Å². The van der Waals surface area contributed by atoms with Crippen molar-refractivity contribution >= 4 is 23.8 Å². The molecule has 0 spiro atoms. The first kappa shape index (κ1) is 22.6. The minimum absolute atomic E-state index is 0.00178. The largest absolute Gasteiger partial charge is 0.480 e. The molecular weight excluding hydrogens is 388 g/mol. The van der Waals surface area contributed by atoms with E-state index in [2.05, 4.69) is 10.6 Å². The van der Waals surface area contributed by atoms with E-state index in [1.165, 1.54) is 24.3 Å². The molecule has 4 N–H and O–H groups in total. The molecule has 0 aliphatic carbocycles. The first-order chi connectivity index (χ1) is 14.3. The highest BCUT2D eigenvalue weighted by Gasteiger charge is 2.21. The van der Waals surface area contributed by atoms with Crippen LogP contribution in [0, 0.1) is 0 Å². The second kappa shape index (κ2) is 10.8. The van der Waals surface area contributed by atoms with Crippen molar-refractivity contribution in [2.45, 2.75) is 38.3 Å². The van der Waals surface area contributed by atoms with E-state index >= 15 is 0 Å². The molecule has 0 radical (unpaired) electrons. The molecule has 8 heteroatoms. The highest BCUT2D eigenvalue weighted by Crippen LogP contribution is 2.11. The number of hydrogen-bond donors (Lipinski definition) is 4. The summed E-state index contributed by atoms with van der Waals surface area (Å²) in [7, 11) is 0. The second-order valence-corrected chi connectivity index (χ2v) is 6.86. The zero-order chi connectivity index (χ0) is 22.1. The van der Waals surface area contributed by atoms with Crippen molar-refractivity contribution in [3.05, 3.63) is 71.3 Å². The fourth-order valence-corrected chi connectivity index (χ4v) is 2.85. The maximum absolute atomic E-state index is 12.1. The van der Waals surface area contributed by atoms with Gasteiger partial charge in [0.05, 0.1) is 11.6 Å². The highest BCUT2D eigenvalue weighted by atomic mass is 16.4. The average molecular weight is 412 g/mol. The van der Waals surface area contributed by atoms with Crippen LogP contribution in [0.4, 0.5) is 0 Å². The Balaban J connectivity index is 1.83. The predicted octanol–water partition coefficient (Wildman–Crippen LogP) is 2.15. The van der Waals surface area contributed by atoms with E-state index in [0.717, 1.165) is 5.56 Å². The van der Waals surface area contributed by atoms with Gasteiger partial charge in [0.2, 0.25) is 11.8 Å². The Morgan fingerprint density at radius 1 is 0.833 bits per heavy atom. The quantitative estimate of drug-likeness (QED) is 0.473. The van der Waals surface area contributed by atoms with Crippen LogP contribution in [0.2, 0.25) is 0 Å². The standard InChI is InChI=1S/C22H24N2O6/c1-14(16-5-3-2-4-6-16)23-19(25)11-12-20(26)24-18(22(29)30)13-15-7-9-17(10-8-15)21(27)28/h2-10,14,18H,11-13H2,1H3,(H,23,25)(H,24,26)(H,27,28)(H,29,30)/t14-,18+/m1/s1. The average Bonchev–Trinajstić information content (AvgIpc) is 2.72. The summed E-state index contributed by atoms with van der Waals surface area (Å²) in [6.07, 6.45) is -0.212. The number of hydrogen-bond acceptors (Lipinski definition) is 4. The van der Waals surface area contributed by atoms with Crippen LogP contribution in [0.3, 0.4) is 0 Å². The van der Waals surface area contributed by atoms with Gasteiger partial charge in [-0.15, -0.1) is 0 Å². The molecule has 2 atom stereocenters. The Kier molecular flexibility index (Phi) is 8.10. The van der Waals surface area contributed by atoms with Crippen molar-refractivity contribution < 1.29 is 29.4 Å². The number of carbonyl (C=O) groups is 4. The number of carboxylic acids is 2. The summed E-state index contributed by atoms with van der Waals surface area (Å²) in [5.74, 6) is -3.15. The van der Waals surface area contributed by atoms with Gasteiger partial charge in [0, 0.05) is 19.3 Å². The lowest BCUT2D eigenvalue weighted by Gasteiger charge is -2.16. The van der Waals surface area contributed by atoms with Crippen molar-refractivity contribution in [1.82, 2.24) is 10.6 Å². The molecule has 2 aromatic rings. The number of carboxylic acid groups (broad SMARTS) is 2. The molecule has 0 aliphatic heterocycles. The predicted molar refractivity (Wildman–Crippen MR) is 109 cm³/mol. The Morgan fingerprint density at radius 2 is 1.40 bits per heavy atom. The van der Waals surface area contributed by atoms with Gasteiger partial charge in [-0.25, -0.2) is 9.59 Å². The molecule has 0 bridgehead atoms. The zero-order valence-electron chi connectivity index (χ0n) is 16.5. The van der Waals surface area contributed by atoms with Crippen molar-refractivity contribution in [2.75, 3.05) is 0 Å². The first-order valence-electron chi connectivity index (χ1n) is 9.45. The molecule has 0 unspecified atom stereocenters. The topological polar surface area (TPSA) is 133 Å². The highest BCUT2D eigenvalue weighted by molar-refractivity contribution is 5.88. The summed E-state index contributed by atoms with van der Waals surface area (Å²) in [5, 5.41) is 23.5. The van der Waals surface area contributed by atoms with Crippen LogP contribution in [0.15, 0.2) is 54.6 Å². The van der Waals surface area contributed by atoms with Crippen LogP contribution in [0.5, 0.6) is 0 Å². The molecule has 0 heterocycles. The van der Waals surface area contributed by atoms with Crippen molar-refractivity contribution in [3.8, 4) is 0 Å². The summed E-state index contributed by atoms with van der Waals surface area (Å²) in [5.41, 5.74) is 1.60. The Labute approximate surface area is 173 Å². The molecule has 2 rings (SSSR count). The van der Waals surface area contributed by atoms with Crippen LogP contribution in [0.1, 0.15) is 47.3 Å². The van der Waals surface area contributed by atoms with Gasteiger partial charge in [0.15, 0.2) is 0 Å². The third-order valence-electron chi connectivity index (χ3n) is 4.53. The number of nitrogens with one attached hydrogen (secondary N) is 2. The monoisotopic (exact) mass is 412 g/mol. The summed E-state index contributed by atoms with van der Waals surface area (Å²) in [4.78, 5) is 46.5. The Hall–Kier alpha value is -3.68. The molecule has 158 valence electrons. The molecule has 0 fully saturated rings. The fourth-order valence-electron chi connectivity index (χ4n) is 2.85. The van der Waals surface area contributed by atoms with E-state index in [0.29, 0.717) is 5.56 Å². The number of amides is 2. The van der Waals surface area contributed by atoms with E-state index in [-0.39, 0.29) is 36.8 Å². The molecule has 0 aromatic heterocycles. The van der Waals surface area contributed by atoms with Crippen LogP contribution < -0.4 is 10.6 Å². The number of aliphatic carboxylic acids is 1. The maximum Gasteiger partial charge on any atom is 0.335 e. The van der Waals surface area contributed by atoms with E-state index < -0.39 is 23.9 Å². The molecule has 8 nitrogen and oxygen atoms in total.